The van der Waals surface area contributed by atoms with Crippen molar-refractivity contribution >= 4 is 10.9 Å². The molecule has 3 heteroatoms. The Balaban J connectivity index is 1.79. The van der Waals surface area contributed by atoms with Gasteiger partial charge in [-0.05, 0) is 37.1 Å². The van der Waals surface area contributed by atoms with Crippen molar-refractivity contribution in [2.24, 2.45) is 0 Å². The molecule has 2 aromatic carbocycles. The molecular formula is C22H25FN2. The first kappa shape index (κ1) is 16.3. The molecule has 1 unspecified atom stereocenters. The number of likely N-dealkylation sites (N-methyl/N-ethyl adjacent to an activating group) is 1. The van der Waals surface area contributed by atoms with Gasteiger partial charge >= 0.3 is 0 Å². The predicted molar refractivity (Wildman–Crippen MR) is 101 cm³/mol. The number of fused-ring (bicyclic) bond motifs is 3. The number of rotatable bonds is 4. The van der Waals surface area contributed by atoms with E-state index in [1.165, 1.54) is 16.8 Å². The van der Waals surface area contributed by atoms with Gasteiger partial charge < -0.3 is 4.57 Å². The number of benzene rings is 2. The molecule has 130 valence electrons. The van der Waals surface area contributed by atoms with Crippen LogP contribution in [0, 0.1) is 5.82 Å². The smallest absolute Gasteiger partial charge is 0.147 e. The van der Waals surface area contributed by atoms with Crippen molar-refractivity contribution in [1.29, 1.82) is 0 Å². The standard InChI is InChI=1S/C22H25FN2/c1-3-24-15-19-18-10-7-11-20(23)22(18)25(21(19)14-16(24)2)13-12-17-8-5-4-6-9-17/h4-11,16H,3,12-15H2,1-2H3. The van der Waals surface area contributed by atoms with Crippen LogP contribution < -0.4 is 0 Å². The Hall–Kier alpha value is -2.13. The van der Waals surface area contributed by atoms with Crippen LogP contribution in [0.3, 0.4) is 0 Å². The third kappa shape index (κ3) is 2.87. The van der Waals surface area contributed by atoms with E-state index in [4.69, 9.17) is 0 Å². The summed E-state index contributed by atoms with van der Waals surface area (Å²) in [6.07, 6.45) is 1.92. The van der Waals surface area contributed by atoms with Gasteiger partial charge in [-0.15, -0.1) is 0 Å². The van der Waals surface area contributed by atoms with Crippen LogP contribution in [-0.4, -0.2) is 22.1 Å². The zero-order chi connectivity index (χ0) is 17.4. The molecule has 4 rings (SSSR count). The highest BCUT2D eigenvalue weighted by Crippen LogP contribution is 2.34. The van der Waals surface area contributed by atoms with Gasteiger partial charge in [0.15, 0.2) is 0 Å². The van der Waals surface area contributed by atoms with Crippen LogP contribution >= 0.6 is 0 Å². The fraction of sp³-hybridized carbons (Fsp3) is 0.364. The summed E-state index contributed by atoms with van der Waals surface area (Å²) in [4.78, 5) is 2.48. The number of hydrogen-bond donors (Lipinski definition) is 0. The lowest BCUT2D eigenvalue weighted by molar-refractivity contribution is 0.192. The van der Waals surface area contributed by atoms with Gasteiger partial charge in [0, 0.05) is 36.6 Å². The summed E-state index contributed by atoms with van der Waals surface area (Å²) in [5.74, 6) is -0.101. The summed E-state index contributed by atoms with van der Waals surface area (Å²) in [6.45, 7) is 7.27. The Morgan fingerprint density at radius 2 is 1.88 bits per heavy atom. The third-order valence-electron chi connectivity index (χ3n) is 5.60. The maximum absolute atomic E-state index is 14.7. The lowest BCUT2D eigenvalue weighted by atomic mass is 9.99. The molecule has 0 fully saturated rings. The van der Waals surface area contributed by atoms with E-state index in [0.29, 0.717) is 6.04 Å². The van der Waals surface area contributed by atoms with Crippen LogP contribution in [0.15, 0.2) is 48.5 Å². The Kier molecular flexibility index (Phi) is 4.34. The molecule has 0 amide bonds. The van der Waals surface area contributed by atoms with E-state index in [0.717, 1.165) is 43.4 Å². The monoisotopic (exact) mass is 336 g/mol. The lowest BCUT2D eigenvalue weighted by Gasteiger charge is -2.33. The summed E-state index contributed by atoms with van der Waals surface area (Å²) in [7, 11) is 0. The highest BCUT2D eigenvalue weighted by atomic mass is 19.1. The molecule has 0 aliphatic carbocycles. The number of hydrogen-bond acceptors (Lipinski definition) is 1. The average molecular weight is 336 g/mol. The predicted octanol–water partition coefficient (Wildman–Crippen LogP) is 4.79. The van der Waals surface area contributed by atoms with Gasteiger partial charge in [-0.2, -0.15) is 0 Å². The fourth-order valence-corrected chi connectivity index (χ4v) is 4.22. The second kappa shape index (κ2) is 6.64. The SMILES string of the molecule is CCN1Cc2c(n(CCc3ccccc3)c3c(F)cccc23)CC1C. The minimum Gasteiger partial charge on any atom is -0.342 e. The van der Waals surface area contributed by atoms with Crippen molar-refractivity contribution < 1.29 is 4.39 Å². The average Bonchev–Trinajstić information content (AvgIpc) is 2.94. The largest absolute Gasteiger partial charge is 0.342 e. The zero-order valence-electron chi connectivity index (χ0n) is 15.0. The maximum atomic E-state index is 14.7. The Bertz CT molecular complexity index is 882. The summed E-state index contributed by atoms with van der Waals surface area (Å²) in [5, 5.41) is 1.09. The second-order valence-corrected chi connectivity index (χ2v) is 7.06. The number of aromatic nitrogens is 1. The van der Waals surface area contributed by atoms with Crippen molar-refractivity contribution in [1.82, 2.24) is 9.47 Å². The van der Waals surface area contributed by atoms with Crippen LogP contribution in [0.5, 0.6) is 0 Å². The van der Waals surface area contributed by atoms with Crippen molar-refractivity contribution in [2.45, 2.75) is 45.8 Å². The summed E-state index contributed by atoms with van der Waals surface area (Å²) < 4.78 is 16.9. The summed E-state index contributed by atoms with van der Waals surface area (Å²) in [6, 6.07) is 16.5. The van der Waals surface area contributed by atoms with Crippen LogP contribution in [-0.2, 0) is 25.9 Å². The summed E-state index contributed by atoms with van der Waals surface area (Å²) >= 11 is 0. The number of para-hydroxylation sites is 1. The molecule has 0 bridgehead atoms. The van der Waals surface area contributed by atoms with E-state index in [2.05, 4.69) is 53.6 Å². The minimum atomic E-state index is -0.101. The number of nitrogens with zero attached hydrogens (tertiary/aromatic N) is 2. The van der Waals surface area contributed by atoms with Crippen LogP contribution in [0.1, 0.15) is 30.7 Å². The molecule has 2 nitrogen and oxygen atoms in total. The molecule has 2 heterocycles. The molecule has 0 radical (unpaired) electrons. The van der Waals surface area contributed by atoms with E-state index < -0.39 is 0 Å². The molecule has 0 saturated carbocycles. The zero-order valence-corrected chi connectivity index (χ0v) is 15.0. The van der Waals surface area contributed by atoms with Gasteiger partial charge in [-0.1, -0.05) is 49.4 Å². The Morgan fingerprint density at radius 3 is 2.64 bits per heavy atom. The quantitative estimate of drug-likeness (QED) is 0.665. The maximum Gasteiger partial charge on any atom is 0.147 e. The van der Waals surface area contributed by atoms with Gasteiger partial charge in [0.1, 0.15) is 5.82 Å². The van der Waals surface area contributed by atoms with E-state index in [1.54, 1.807) is 6.07 Å². The molecule has 1 aliphatic rings. The number of halogens is 1. The highest BCUT2D eigenvalue weighted by Gasteiger charge is 2.28. The molecule has 0 saturated heterocycles. The van der Waals surface area contributed by atoms with Crippen LogP contribution in [0.4, 0.5) is 4.39 Å². The topological polar surface area (TPSA) is 8.17 Å². The van der Waals surface area contributed by atoms with E-state index in [-0.39, 0.29) is 5.82 Å². The molecule has 3 aromatic rings. The van der Waals surface area contributed by atoms with Crippen molar-refractivity contribution in [3.63, 3.8) is 0 Å². The molecule has 1 atom stereocenters. The van der Waals surface area contributed by atoms with Gasteiger partial charge in [0.05, 0.1) is 5.52 Å². The van der Waals surface area contributed by atoms with E-state index in [1.807, 2.05) is 12.1 Å². The summed E-state index contributed by atoms with van der Waals surface area (Å²) in [5.41, 5.74) is 4.73. The fourth-order valence-electron chi connectivity index (χ4n) is 4.22. The highest BCUT2D eigenvalue weighted by molar-refractivity contribution is 5.86. The third-order valence-corrected chi connectivity index (χ3v) is 5.60. The lowest BCUT2D eigenvalue weighted by Crippen LogP contribution is -2.38. The van der Waals surface area contributed by atoms with Crippen molar-refractivity contribution in [3.8, 4) is 0 Å². The molecule has 25 heavy (non-hydrogen) atoms. The Morgan fingerprint density at radius 1 is 1.08 bits per heavy atom. The van der Waals surface area contributed by atoms with Gasteiger partial charge in [-0.3, -0.25) is 4.90 Å². The molecular weight excluding hydrogens is 311 g/mol. The number of aryl methyl sites for hydroxylation is 2. The molecule has 1 aliphatic heterocycles. The molecule has 1 aromatic heterocycles. The second-order valence-electron chi connectivity index (χ2n) is 7.06. The van der Waals surface area contributed by atoms with Gasteiger partial charge in [0.25, 0.3) is 0 Å². The van der Waals surface area contributed by atoms with Crippen molar-refractivity contribution in [3.05, 3.63) is 71.2 Å². The molecule has 0 N–H and O–H groups in total. The van der Waals surface area contributed by atoms with E-state index >= 15 is 0 Å². The first-order chi connectivity index (χ1) is 12.2. The normalized spacial score (nSPS) is 17.8. The van der Waals surface area contributed by atoms with Crippen molar-refractivity contribution in [2.75, 3.05) is 6.54 Å². The first-order valence-corrected chi connectivity index (χ1v) is 9.25. The van der Waals surface area contributed by atoms with Gasteiger partial charge in [-0.25, -0.2) is 4.39 Å². The minimum absolute atomic E-state index is 0.101. The van der Waals surface area contributed by atoms with E-state index in [9.17, 15) is 4.39 Å². The van der Waals surface area contributed by atoms with Crippen LogP contribution in [0.2, 0.25) is 0 Å². The van der Waals surface area contributed by atoms with Crippen LogP contribution in [0.25, 0.3) is 10.9 Å². The first-order valence-electron chi connectivity index (χ1n) is 9.25. The van der Waals surface area contributed by atoms with Gasteiger partial charge in [0.2, 0.25) is 0 Å². The Labute approximate surface area is 148 Å². The molecule has 0 spiro atoms.